The molecule has 0 aliphatic carbocycles. The van der Waals surface area contributed by atoms with Crippen LogP contribution in [0, 0.1) is 12.8 Å². The Morgan fingerprint density at radius 1 is 1.30 bits per heavy atom. The van der Waals surface area contributed by atoms with Crippen molar-refractivity contribution in [2.45, 2.75) is 46.6 Å². The predicted octanol–water partition coefficient (Wildman–Crippen LogP) is 2.18. The molecule has 1 amide bonds. The van der Waals surface area contributed by atoms with Crippen LogP contribution in [0.1, 0.15) is 48.1 Å². The van der Waals surface area contributed by atoms with E-state index < -0.39 is 5.60 Å². The standard InChI is InChI=1S/C17H29N3O2S/c1-12(2)10-14-15(23-13(3)18-14)16(21)20-8-6-19(7-9-20)11-17(4,5)22/h12,22H,6-11H2,1-5H3. The predicted molar refractivity (Wildman–Crippen MR) is 94.0 cm³/mol. The van der Waals surface area contributed by atoms with Gasteiger partial charge < -0.3 is 10.0 Å². The van der Waals surface area contributed by atoms with E-state index in [2.05, 4.69) is 23.7 Å². The lowest BCUT2D eigenvalue weighted by molar-refractivity contribution is 0.0179. The molecule has 1 aliphatic rings. The molecule has 1 aromatic rings. The molecule has 1 aromatic heterocycles. The topological polar surface area (TPSA) is 56.7 Å². The van der Waals surface area contributed by atoms with E-state index in [9.17, 15) is 9.90 Å². The molecule has 0 bridgehead atoms. The summed E-state index contributed by atoms with van der Waals surface area (Å²) in [7, 11) is 0. The Bertz CT molecular complexity index is 541. The van der Waals surface area contributed by atoms with Crippen LogP contribution in [-0.2, 0) is 6.42 Å². The van der Waals surface area contributed by atoms with Gasteiger partial charge in [-0.15, -0.1) is 11.3 Å². The maximum Gasteiger partial charge on any atom is 0.265 e. The van der Waals surface area contributed by atoms with E-state index in [1.54, 1.807) is 0 Å². The second-order valence-corrected chi connectivity index (χ2v) is 8.69. The quantitative estimate of drug-likeness (QED) is 0.893. The molecule has 0 radical (unpaired) electrons. The average molecular weight is 340 g/mol. The van der Waals surface area contributed by atoms with Gasteiger partial charge in [-0.25, -0.2) is 4.98 Å². The first-order chi connectivity index (χ1) is 10.7. The molecule has 23 heavy (non-hydrogen) atoms. The van der Waals surface area contributed by atoms with E-state index in [-0.39, 0.29) is 5.91 Å². The summed E-state index contributed by atoms with van der Waals surface area (Å²) in [6.45, 7) is 13.6. The molecule has 1 saturated heterocycles. The highest BCUT2D eigenvalue weighted by molar-refractivity contribution is 7.13. The number of piperazine rings is 1. The zero-order valence-corrected chi connectivity index (χ0v) is 15.7. The number of thiazole rings is 1. The Morgan fingerprint density at radius 3 is 2.43 bits per heavy atom. The summed E-state index contributed by atoms with van der Waals surface area (Å²) in [5.74, 6) is 0.612. The first kappa shape index (κ1) is 18.4. The van der Waals surface area contributed by atoms with Crippen molar-refractivity contribution in [3.05, 3.63) is 15.6 Å². The fraction of sp³-hybridized carbons (Fsp3) is 0.765. The number of aliphatic hydroxyl groups is 1. The molecule has 0 unspecified atom stereocenters. The van der Waals surface area contributed by atoms with Crippen LogP contribution in [0.4, 0.5) is 0 Å². The number of nitrogens with zero attached hydrogens (tertiary/aromatic N) is 3. The lowest BCUT2D eigenvalue weighted by atomic mass is 10.1. The molecule has 2 rings (SSSR count). The molecule has 1 N–H and O–H groups in total. The number of hydrogen-bond acceptors (Lipinski definition) is 5. The van der Waals surface area contributed by atoms with Crippen molar-refractivity contribution in [1.82, 2.24) is 14.8 Å². The molecule has 0 aromatic carbocycles. The highest BCUT2D eigenvalue weighted by atomic mass is 32.1. The Balaban J connectivity index is 2.00. The maximum atomic E-state index is 12.8. The Labute approximate surface area is 143 Å². The van der Waals surface area contributed by atoms with Crippen LogP contribution in [0.2, 0.25) is 0 Å². The highest BCUT2D eigenvalue weighted by Gasteiger charge is 2.28. The monoisotopic (exact) mass is 339 g/mol. The van der Waals surface area contributed by atoms with Crippen LogP contribution < -0.4 is 0 Å². The Kier molecular flexibility index (Phi) is 5.81. The van der Waals surface area contributed by atoms with Gasteiger partial charge in [0.05, 0.1) is 16.3 Å². The van der Waals surface area contributed by atoms with Gasteiger partial charge in [-0.05, 0) is 33.1 Å². The number of aromatic nitrogens is 1. The molecule has 6 heteroatoms. The minimum absolute atomic E-state index is 0.120. The molecule has 2 heterocycles. The first-order valence-electron chi connectivity index (χ1n) is 8.36. The maximum absolute atomic E-state index is 12.8. The molecule has 130 valence electrons. The minimum Gasteiger partial charge on any atom is -0.389 e. The zero-order valence-electron chi connectivity index (χ0n) is 14.9. The zero-order chi connectivity index (χ0) is 17.2. The Hall–Kier alpha value is -0.980. The van der Waals surface area contributed by atoms with Crippen molar-refractivity contribution < 1.29 is 9.90 Å². The first-order valence-corrected chi connectivity index (χ1v) is 9.17. The smallest absolute Gasteiger partial charge is 0.265 e. The number of rotatable bonds is 5. The number of hydrogen-bond donors (Lipinski definition) is 1. The van der Waals surface area contributed by atoms with Crippen LogP contribution in [0.3, 0.4) is 0 Å². The van der Waals surface area contributed by atoms with Crippen molar-refractivity contribution in [2.75, 3.05) is 32.7 Å². The molecule has 1 fully saturated rings. The third kappa shape index (κ3) is 5.26. The van der Waals surface area contributed by atoms with E-state index >= 15 is 0 Å². The van der Waals surface area contributed by atoms with Gasteiger partial charge in [0.25, 0.3) is 5.91 Å². The fourth-order valence-electron chi connectivity index (χ4n) is 2.96. The van der Waals surface area contributed by atoms with Gasteiger partial charge in [-0.1, -0.05) is 13.8 Å². The lowest BCUT2D eigenvalue weighted by Crippen LogP contribution is -2.52. The third-order valence-corrected chi connectivity index (χ3v) is 4.87. The molecular formula is C17H29N3O2S. The van der Waals surface area contributed by atoms with E-state index in [0.29, 0.717) is 25.6 Å². The van der Waals surface area contributed by atoms with Crippen molar-refractivity contribution in [3.8, 4) is 0 Å². The second kappa shape index (κ2) is 7.28. The minimum atomic E-state index is -0.689. The van der Waals surface area contributed by atoms with Crippen molar-refractivity contribution >= 4 is 17.2 Å². The largest absolute Gasteiger partial charge is 0.389 e. The third-order valence-electron chi connectivity index (χ3n) is 3.87. The van der Waals surface area contributed by atoms with Crippen LogP contribution >= 0.6 is 11.3 Å². The molecule has 0 spiro atoms. The molecule has 0 saturated carbocycles. The summed E-state index contributed by atoms with van der Waals surface area (Å²) in [6, 6.07) is 0. The van der Waals surface area contributed by atoms with Crippen LogP contribution in [0.25, 0.3) is 0 Å². The van der Waals surface area contributed by atoms with Crippen molar-refractivity contribution in [1.29, 1.82) is 0 Å². The van der Waals surface area contributed by atoms with Gasteiger partial charge in [0, 0.05) is 32.7 Å². The Morgan fingerprint density at radius 2 is 1.91 bits per heavy atom. The van der Waals surface area contributed by atoms with Crippen molar-refractivity contribution in [3.63, 3.8) is 0 Å². The highest BCUT2D eigenvalue weighted by Crippen LogP contribution is 2.23. The van der Waals surface area contributed by atoms with Gasteiger partial charge >= 0.3 is 0 Å². The molecule has 5 nitrogen and oxygen atoms in total. The van der Waals surface area contributed by atoms with E-state index in [1.165, 1.54) is 11.3 Å². The number of aryl methyl sites for hydroxylation is 1. The molecule has 0 atom stereocenters. The fourth-order valence-corrected chi connectivity index (χ4v) is 3.88. The van der Waals surface area contributed by atoms with E-state index in [4.69, 9.17) is 0 Å². The summed E-state index contributed by atoms with van der Waals surface area (Å²) < 4.78 is 0. The summed E-state index contributed by atoms with van der Waals surface area (Å²) >= 11 is 1.51. The van der Waals surface area contributed by atoms with Gasteiger partial charge in [0.15, 0.2) is 0 Å². The van der Waals surface area contributed by atoms with Crippen LogP contribution in [0.15, 0.2) is 0 Å². The summed E-state index contributed by atoms with van der Waals surface area (Å²) in [5, 5.41) is 10.9. The number of β-amino-alcohol motifs (C(OH)–C–C–N with tert-alkyl or cyclic N) is 1. The lowest BCUT2D eigenvalue weighted by Gasteiger charge is -2.37. The average Bonchev–Trinajstić information content (AvgIpc) is 2.77. The molecular weight excluding hydrogens is 310 g/mol. The summed E-state index contributed by atoms with van der Waals surface area (Å²) in [6.07, 6.45) is 0.851. The normalized spacial score (nSPS) is 17.1. The van der Waals surface area contributed by atoms with Crippen LogP contribution in [-0.4, -0.2) is 64.1 Å². The molecule has 1 aliphatic heterocycles. The number of carbonyl (C=O) groups is 1. The van der Waals surface area contributed by atoms with Gasteiger partial charge in [0.2, 0.25) is 0 Å². The van der Waals surface area contributed by atoms with Gasteiger partial charge in [-0.3, -0.25) is 9.69 Å². The van der Waals surface area contributed by atoms with Crippen molar-refractivity contribution in [2.24, 2.45) is 5.92 Å². The van der Waals surface area contributed by atoms with E-state index in [0.717, 1.165) is 35.1 Å². The number of amides is 1. The number of carbonyl (C=O) groups excluding carboxylic acids is 1. The second-order valence-electron chi connectivity index (χ2n) is 7.49. The summed E-state index contributed by atoms with van der Waals surface area (Å²) in [5.41, 5.74) is 0.261. The van der Waals surface area contributed by atoms with Crippen LogP contribution in [0.5, 0.6) is 0 Å². The summed E-state index contributed by atoms with van der Waals surface area (Å²) in [4.78, 5) is 22.4. The van der Waals surface area contributed by atoms with E-state index in [1.807, 2.05) is 25.7 Å². The van der Waals surface area contributed by atoms with Gasteiger partial charge in [0.1, 0.15) is 4.88 Å². The van der Waals surface area contributed by atoms with Gasteiger partial charge in [-0.2, -0.15) is 0 Å². The SMILES string of the molecule is Cc1nc(CC(C)C)c(C(=O)N2CCN(CC(C)(C)O)CC2)s1.